The van der Waals surface area contributed by atoms with Crippen LogP contribution in [0.5, 0.6) is 5.75 Å². The fourth-order valence-electron chi connectivity index (χ4n) is 2.00. The lowest BCUT2D eigenvalue weighted by Gasteiger charge is -2.41. The third kappa shape index (κ3) is 4.40. The second-order valence-electron chi connectivity index (χ2n) is 6.17. The van der Waals surface area contributed by atoms with Crippen LogP contribution < -0.4 is 0 Å². The molecule has 32 heavy (non-hydrogen) atoms. The van der Waals surface area contributed by atoms with Gasteiger partial charge in [-0.1, -0.05) is 0 Å². The molecule has 17 heteroatoms. The Morgan fingerprint density at radius 3 is 1.34 bits per heavy atom. The molecule has 1 aromatic rings. The topological polar surface area (TPSA) is 20.2 Å². The van der Waals surface area contributed by atoms with E-state index in [-0.39, 0.29) is 22.4 Å². The summed E-state index contributed by atoms with van der Waals surface area (Å²) in [5.74, 6) is -47.8. The Kier molecular flexibility index (Phi) is 7.33. The van der Waals surface area contributed by atoms with Crippen molar-refractivity contribution < 1.29 is 71.0 Å². The highest BCUT2D eigenvalue weighted by Gasteiger charge is 2.93. The zero-order valence-corrected chi connectivity index (χ0v) is 15.6. The van der Waals surface area contributed by atoms with Gasteiger partial charge in [0.1, 0.15) is 5.75 Å². The molecule has 0 aromatic heterocycles. The van der Waals surface area contributed by atoms with Crippen LogP contribution in [0.15, 0.2) is 29.2 Å². The van der Waals surface area contributed by atoms with E-state index in [0.717, 1.165) is 24.3 Å². The zero-order valence-electron chi connectivity index (χ0n) is 14.7. The number of aromatic hydroxyl groups is 1. The molecule has 0 aliphatic heterocycles. The van der Waals surface area contributed by atoms with Gasteiger partial charge in [-0.15, -0.1) is 11.8 Å². The Hall–Kier alpha value is -1.68. The highest BCUT2D eigenvalue weighted by Crippen LogP contribution is 2.62. The van der Waals surface area contributed by atoms with Gasteiger partial charge in [0, 0.05) is 17.1 Å². The predicted octanol–water partition coefficient (Wildman–Crippen LogP) is 7.25. The summed E-state index contributed by atoms with van der Waals surface area (Å²) in [6.45, 7) is 0. The number of rotatable bonds is 9. The van der Waals surface area contributed by atoms with Crippen LogP contribution in [-0.2, 0) is 0 Å². The summed E-state index contributed by atoms with van der Waals surface area (Å²) >= 11 is 0.230. The molecule has 1 nitrogen and oxygen atoms in total. The van der Waals surface area contributed by atoms with E-state index in [9.17, 15) is 65.9 Å². The first kappa shape index (κ1) is 28.4. The zero-order chi connectivity index (χ0) is 25.6. The number of hydrogen-bond acceptors (Lipinski definition) is 2. The van der Waals surface area contributed by atoms with E-state index in [1.54, 1.807) is 0 Å². The molecule has 0 atom stereocenters. The van der Waals surface area contributed by atoms with Crippen molar-refractivity contribution >= 4 is 11.8 Å². The first-order valence-corrected chi connectivity index (χ1v) is 8.71. The molecule has 0 unspecified atom stereocenters. The fraction of sp³-hybridized carbons (Fsp3) is 0.600. The number of halogens is 15. The summed E-state index contributed by atoms with van der Waals surface area (Å²) in [5.41, 5.74) is 0. The maximum absolute atomic E-state index is 13.6. The highest BCUT2D eigenvalue weighted by atomic mass is 32.2. The van der Waals surface area contributed by atoms with Crippen molar-refractivity contribution in [2.75, 3.05) is 5.75 Å². The van der Waals surface area contributed by atoms with Crippen LogP contribution in [0.1, 0.15) is 6.42 Å². The van der Waals surface area contributed by atoms with Crippen LogP contribution >= 0.6 is 11.8 Å². The van der Waals surface area contributed by atoms with Crippen molar-refractivity contribution in [2.24, 2.45) is 0 Å². The maximum atomic E-state index is 13.6. The minimum Gasteiger partial charge on any atom is -0.508 e. The van der Waals surface area contributed by atoms with Gasteiger partial charge in [-0.25, -0.2) is 0 Å². The minimum absolute atomic E-state index is 0.0321. The molecule has 1 rings (SSSR count). The Labute approximate surface area is 172 Å². The van der Waals surface area contributed by atoms with Crippen molar-refractivity contribution in [1.29, 1.82) is 0 Å². The first-order valence-electron chi connectivity index (χ1n) is 7.73. The van der Waals surface area contributed by atoms with Gasteiger partial charge < -0.3 is 5.11 Å². The molecular weight excluding hydrogens is 513 g/mol. The summed E-state index contributed by atoms with van der Waals surface area (Å²) in [6, 6.07) is 4.01. The quantitative estimate of drug-likeness (QED) is 0.273. The average Bonchev–Trinajstić information content (AvgIpc) is 2.61. The van der Waals surface area contributed by atoms with Crippen molar-refractivity contribution in [2.45, 2.75) is 53.0 Å². The molecule has 0 spiro atoms. The second kappa shape index (κ2) is 8.27. The Morgan fingerprint density at radius 2 is 0.938 bits per heavy atom. The molecule has 0 saturated heterocycles. The van der Waals surface area contributed by atoms with E-state index in [1.165, 1.54) is 0 Å². The van der Waals surface area contributed by atoms with Crippen LogP contribution in [0.25, 0.3) is 0 Å². The standard InChI is InChI=1S/C15H9F15OS/c16-9(17,5-6-32-8-3-1-7(31)2-4-8)10(18,19)11(20,21)12(22,23)13(24,25)14(26,27)15(28,29)30/h1-4,31H,5-6H2. The van der Waals surface area contributed by atoms with Crippen LogP contribution in [0.4, 0.5) is 65.9 Å². The van der Waals surface area contributed by atoms with Gasteiger partial charge >= 0.3 is 41.7 Å². The summed E-state index contributed by atoms with van der Waals surface area (Å²) in [6.07, 6.45) is -10.0. The summed E-state index contributed by atoms with van der Waals surface area (Å²) < 4.78 is 196. The second-order valence-corrected chi connectivity index (χ2v) is 7.33. The number of alkyl halides is 15. The predicted molar refractivity (Wildman–Crippen MR) is 79.2 cm³/mol. The molecule has 0 radical (unpaired) electrons. The molecule has 0 amide bonds. The molecule has 1 N–H and O–H groups in total. The Morgan fingerprint density at radius 1 is 0.562 bits per heavy atom. The molecule has 0 saturated carbocycles. The van der Waals surface area contributed by atoms with Gasteiger partial charge in [0.2, 0.25) is 0 Å². The summed E-state index contributed by atoms with van der Waals surface area (Å²) in [5, 5.41) is 8.99. The van der Waals surface area contributed by atoms with Gasteiger partial charge in [-0.05, 0) is 24.3 Å². The van der Waals surface area contributed by atoms with Gasteiger partial charge in [-0.3, -0.25) is 0 Å². The van der Waals surface area contributed by atoms with Crippen molar-refractivity contribution in [3.05, 3.63) is 24.3 Å². The van der Waals surface area contributed by atoms with E-state index < -0.39 is 53.9 Å². The minimum atomic E-state index is -8.27. The van der Waals surface area contributed by atoms with Gasteiger partial charge in [-0.2, -0.15) is 65.9 Å². The summed E-state index contributed by atoms with van der Waals surface area (Å²) in [7, 11) is 0. The van der Waals surface area contributed by atoms with E-state index >= 15 is 0 Å². The van der Waals surface area contributed by atoms with E-state index in [4.69, 9.17) is 5.11 Å². The van der Waals surface area contributed by atoms with E-state index in [1.807, 2.05) is 0 Å². The molecule has 0 aliphatic carbocycles. The summed E-state index contributed by atoms with van der Waals surface area (Å²) in [4.78, 5) is -0.0321. The number of phenolic OH excluding ortho intramolecular Hbond substituents is 1. The van der Waals surface area contributed by atoms with Crippen molar-refractivity contribution in [3.8, 4) is 5.75 Å². The number of hydrogen-bond donors (Lipinski definition) is 1. The Balaban J connectivity index is 3.22. The SMILES string of the molecule is Oc1ccc(SCCC(F)(F)C(F)(F)C(F)(F)C(F)(F)C(F)(F)C(F)(F)C(F)(F)F)cc1. The van der Waals surface area contributed by atoms with Crippen molar-refractivity contribution in [3.63, 3.8) is 0 Å². The lowest BCUT2D eigenvalue weighted by molar-refractivity contribution is -0.452. The smallest absolute Gasteiger partial charge is 0.460 e. The van der Waals surface area contributed by atoms with Crippen LogP contribution in [0, 0.1) is 0 Å². The molecule has 1 aromatic carbocycles. The molecular formula is C15H9F15OS. The third-order valence-electron chi connectivity index (χ3n) is 3.91. The Bertz CT molecular complexity index is 785. The number of thioether (sulfide) groups is 1. The van der Waals surface area contributed by atoms with Crippen LogP contribution in [-0.4, -0.2) is 52.6 Å². The van der Waals surface area contributed by atoms with Crippen LogP contribution in [0.2, 0.25) is 0 Å². The first-order chi connectivity index (χ1) is 14.0. The average molecular weight is 522 g/mol. The van der Waals surface area contributed by atoms with Crippen molar-refractivity contribution in [1.82, 2.24) is 0 Å². The van der Waals surface area contributed by atoms with Gasteiger partial charge in [0.15, 0.2) is 0 Å². The van der Waals surface area contributed by atoms with Gasteiger partial charge in [0.05, 0.1) is 0 Å². The maximum Gasteiger partial charge on any atom is 0.460 e. The lowest BCUT2D eigenvalue weighted by atomic mass is 9.90. The lowest BCUT2D eigenvalue weighted by Crippen LogP contribution is -2.72. The third-order valence-corrected chi connectivity index (χ3v) is 4.93. The van der Waals surface area contributed by atoms with Gasteiger partial charge in [0.25, 0.3) is 0 Å². The van der Waals surface area contributed by atoms with E-state index in [0.29, 0.717) is 0 Å². The molecule has 186 valence electrons. The van der Waals surface area contributed by atoms with E-state index in [2.05, 4.69) is 0 Å². The number of benzene rings is 1. The normalized spacial score (nSPS) is 15.2. The monoisotopic (exact) mass is 522 g/mol. The molecule has 0 fully saturated rings. The molecule has 0 bridgehead atoms. The van der Waals surface area contributed by atoms with Crippen LogP contribution in [0.3, 0.4) is 0 Å². The highest BCUT2D eigenvalue weighted by molar-refractivity contribution is 7.99. The number of phenols is 1. The molecule has 0 aliphatic rings. The molecule has 0 heterocycles. The largest absolute Gasteiger partial charge is 0.508 e. The fourth-order valence-corrected chi connectivity index (χ4v) is 2.92.